The molecule has 0 bridgehead atoms. The Morgan fingerprint density at radius 1 is 1.19 bits per heavy atom. The van der Waals surface area contributed by atoms with Gasteiger partial charge in [0.15, 0.2) is 0 Å². The topological polar surface area (TPSA) is 3.24 Å². The first kappa shape index (κ1) is 10.2. The van der Waals surface area contributed by atoms with Gasteiger partial charge in [0, 0.05) is 18.0 Å². The highest BCUT2D eigenvalue weighted by molar-refractivity contribution is 7.10. The van der Waals surface area contributed by atoms with Gasteiger partial charge in [-0.1, -0.05) is 23.7 Å². The van der Waals surface area contributed by atoms with E-state index in [0.717, 1.165) is 30.2 Å². The van der Waals surface area contributed by atoms with Crippen molar-refractivity contribution in [2.24, 2.45) is 0 Å². The predicted octanol–water partition coefficient (Wildman–Crippen LogP) is 3.96. The number of para-hydroxylation sites is 1. The number of benzene rings is 1. The summed E-state index contributed by atoms with van der Waals surface area (Å²) in [5.41, 5.74) is 2.61. The molecule has 82 valence electrons. The lowest BCUT2D eigenvalue weighted by Gasteiger charge is -2.29. The molecule has 16 heavy (non-hydrogen) atoms. The summed E-state index contributed by atoms with van der Waals surface area (Å²) in [4.78, 5) is 3.89. The minimum atomic E-state index is 0.848. The van der Waals surface area contributed by atoms with Crippen LogP contribution in [-0.4, -0.2) is 6.54 Å². The smallest absolute Gasteiger partial charge is 0.0639 e. The van der Waals surface area contributed by atoms with Crippen LogP contribution in [0.2, 0.25) is 5.02 Å². The van der Waals surface area contributed by atoms with Crippen molar-refractivity contribution in [3.8, 4) is 0 Å². The van der Waals surface area contributed by atoms with Crippen molar-refractivity contribution in [3.63, 3.8) is 0 Å². The zero-order valence-electron chi connectivity index (χ0n) is 8.82. The fourth-order valence-electron chi connectivity index (χ4n) is 2.16. The van der Waals surface area contributed by atoms with Crippen molar-refractivity contribution in [3.05, 3.63) is 51.2 Å². The van der Waals surface area contributed by atoms with E-state index in [1.165, 1.54) is 10.4 Å². The van der Waals surface area contributed by atoms with Gasteiger partial charge in [-0.05, 0) is 35.6 Å². The number of halogens is 1. The Labute approximate surface area is 104 Å². The third kappa shape index (κ3) is 1.72. The normalized spacial score (nSPS) is 14.9. The Balaban J connectivity index is 1.92. The molecule has 2 aromatic rings. The van der Waals surface area contributed by atoms with Crippen LogP contribution in [0.1, 0.15) is 10.4 Å². The maximum Gasteiger partial charge on any atom is 0.0639 e. The molecule has 3 heteroatoms. The molecule has 1 aliphatic heterocycles. The molecule has 3 rings (SSSR count). The molecule has 0 unspecified atom stereocenters. The number of hydrogen-bond acceptors (Lipinski definition) is 2. The molecule has 2 heterocycles. The third-order valence-electron chi connectivity index (χ3n) is 3.00. The van der Waals surface area contributed by atoms with Crippen LogP contribution >= 0.6 is 22.9 Å². The van der Waals surface area contributed by atoms with E-state index in [1.807, 2.05) is 29.5 Å². The lowest BCUT2D eigenvalue weighted by atomic mass is 10.1. The van der Waals surface area contributed by atoms with Crippen LogP contribution in [0, 0.1) is 0 Å². The zero-order valence-corrected chi connectivity index (χ0v) is 10.4. The first-order valence-electron chi connectivity index (χ1n) is 5.39. The van der Waals surface area contributed by atoms with Crippen molar-refractivity contribution in [1.29, 1.82) is 0 Å². The van der Waals surface area contributed by atoms with Gasteiger partial charge in [0.2, 0.25) is 0 Å². The minimum Gasteiger partial charge on any atom is -0.366 e. The standard InChI is InChI=1S/C13H12ClNS/c14-11-3-1-2-4-12(11)15-7-5-13-10(9-15)6-8-16-13/h1-4,6,8H,5,7,9H2. The van der Waals surface area contributed by atoms with E-state index >= 15 is 0 Å². The van der Waals surface area contributed by atoms with E-state index in [2.05, 4.69) is 22.4 Å². The molecule has 1 aliphatic rings. The van der Waals surface area contributed by atoms with Gasteiger partial charge in [-0.3, -0.25) is 0 Å². The molecule has 0 radical (unpaired) electrons. The molecule has 0 amide bonds. The monoisotopic (exact) mass is 249 g/mol. The highest BCUT2D eigenvalue weighted by atomic mass is 35.5. The Morgan fingerprint density at radius 2 is 2.06 bits per heavy atom. The van der Waals surface area contributed by atoms with Crippen molar-refractivity contribution in [2.75, 3.05) is 11.4 Å². The van der Waals surface area contributed by atoms with Gasteiger partial charge in [0.1, 0.15) is 0 Å². The van der Waals surface area contributed by atoms with Gasteiger partial charge in [-0.2, -0.15) is 0 Å². The second-order valence-electron chi connectivity index (χ2n) is 3.99. The number of fused-ring (bicyclic) bond motifs is 1. The maximum absolute atomic E-state index is 6.22. The third-order valence-corrected chi connectivity index (χ3v) is 4.34. The van der Waals surface area contributed by atoms with Gasteiger partial charge in [-0.25, -0.2) is 0 Å². The van der Waals surface area contributed by atoms with Crippen molar-refractivity contribution >= 4 is 28.6 Å². The summed E-state index contributed by atoms with van der Waals surface area (Å²) >= 11 is 8.09. The lowest BCUT2D eigenvalue weighted by Crippen LogP contribution is -2.29. The number of rotatable bonds is 1. The highest BCUT2D eigenvalue weighted by Crippen LogP contribution is 2.31. The Hall–Kier alpha value is -0.990. The molecule has 1 aromatic carbocycles. The number of nitrogens with zero attached hydrogens (tertiary/aromatic N) is 1. The predicted molar refractivity (Wildman–Crippen MR) is 70.5 cm³/mol. The first-order chi connectivity index (χ1) is 7.84. The lowest BCUT2D eigenvalue weighted by molar-refractivity contribution is 0.744. The van der Waals surface area contributed by atoms with E-state index in [4.69, 9.17) is 11.6 Å². The molecule has 0 fully saturated rings. The number of thiophene rings is 1. The zero-order chi connectivity index (χ0) is 11.0. The van der Waals surface area contributed by atoms with Crippen LogP contribution in [0.4, 0.5) is 5.69 Å². The maximum atomic E-state index is 6.22. The largest absolute Gasteiger partial charge is 0.366 e. The molecular weight excluding hydrogens is 238 g/mol. The van der Waals surface area contributed by atoms with E-state index in [-0.39, 0.29) is 0 Å². The molecule has 0 atom stereocenters. The molecule has 0 saturated carbocycles. The van der Waals surface area contributed by atoms with Crippen LogP contribution in [0.3, 0.4) is 0 Å². The molecular formula is C13H12ClNS. The van der Waals surface area contributed by atoms with E-state index in [0.29, 0.717) is 0 Å². The molecule has 0 N–H and O–H groups in total. The van der Waals surface area contributed by atoms with Gasteiger partial charge in [-0.15, -0.1) is 11.3 Å². The SMILES string of the molecule is Clc1ccccc1N1CCc2sccc2C1. The Kier molecular flexibility index (Phi) is 2.62. The highest BCUT2D eigenvalue weighted by Gasteiger charge is 2.18. The van der Waals surface area contributed by atoms with E-state index < -0.39 is 0 Å². The first-order valence-corrected chi connectivity index (χ1v) is 6.65. The van der Waals surface area contributed by atoms with Crippen molar-refractivity contribution in [1.82, 2.24) is 0 Å². The summed E-state index contributed by atoms with van der Waals surface area (Å²) in [5, 5.41) is 3.03. The molecule has 0 saturated heterocycles. The second kappa shape index (κ2) is 4.11. The average Bonchev–Trinajstić information content (AvgIpc) is 2.76. The Morgan fingerprint density at radius 3 is 2.94 bits per heavy atom. The van der Waals surface area contributed by atoms with Crippen LogP contribution < -0.4 is 4.90 Å². The fraction of sp³-hybridized carbons (Fsp3) is 0.231. The quantitative estimate of drug-likeness (QED) is 0.739. The molecule has 1 aromatic heterocycles. The van der Waals surface area contributed by atoms with Gasteiger partial charge in [0.05, 0.1) is 10.7 Å². The summed E-state index contributed by atoms with van der Waals surface area (Å²) in [6.07, 6.45) is 1.14. The second-order valence-corrected chi connectivity index (χ2v) is 5.40. The van der Waals surface area contributed by atoms with Gasteiger partial charge < -0.3 is 4.90 Å². The molecule has 1 nitrogen and oxygen atoms in total. The van der Waals surface area contributed by atoms with Crippen LogP contribution in [-0.2, 0) is 13.0 Å². The van der Waals surface area contributed by atoms with E-state index in [1.54, 1.807) is 0 Å². The van der Waals surface area contributed by atoms with Crippen molar-refractivity contribution < 1.29 is 0 Å². The summed E-state index contributed by atoms with van der Waals surface area (Å²) in [6.45, 7) is 2.06. The average molecular weight is 250 g/mol. The summed E-state index contributed by atoms with van der Waals surface area (Å²) in [5.74, 6) is 0. The number of anilines is 1. The van der Waals surface area contributed by atoms with Crippen LogP contribution in [0.25, 0.3) is 0 Å². The molecule has 0 spiro atoms. The van der Waals surface area contributed by atoms with Crippen molar-refractivity contribution in [2.45, 2.75) is 13.0 Å². The van der Waals surface area contributed by atoms with Gasteiger partial charge in [0.25, 0.3) is 0 Å². The Bertz CT molecular complexity index is 506. The molecule has 0 aliphatic carbocycles. The van der Waals surface area contributed by atoms with Gasteiger partial charge >= 0.3 is 0 Å². The number of hydrogen-bond donors (Lipinski definition) is 0. The fourth-order valence-corrected chi connectivity index (χ4v) is 3.31. The summed E-state index contributed by atoms with van der Waals surface area (Å²) in [7, 11) is 0. The van der Waals surface area contributed by atoms with Crippen LogP contribution in [0.5, 0.6) is 0 Å². The minimum absolute atomic E-state index is 0.848. The van der Waals surface area contributed by atoms with Crippen LogP contribution in [0.15, 0.2) is 35.7 Å². The van der Waals surface area contributed by atoms with E-state index in [9.17, 15) is 0 Å². The summed E-state index contributed by atoms with van der Waals surface area (Å²) < 4.78 is 0. The summed E-state index contributed by atoms with van der Waals surface area (Å²) in [6, 6.07) is 10.3.